The van der Waals surface area contributed by atoms with Crippen LogP contribution in [0.4, 0.5) is 0 Å². The Hall–Kier alpha value is -1.04. The molecule has 1 aliphatic carbocycles. The highest BCUT2D eigenvalue weighted by molar-refractivity contribution is 5.10. The van der Waals surface area contributed by atoms with E-state index in [1.165, 1.54) is 12.8 Å². The molecule has 0 aromatic carbocycles. The van der Waals surface area contributed by atoms with Crippen molar-refractivity contribution in [2.75, 3.05) is 27.4 Å². The summed E-state index contributed by atoms with van der Waals surface area (Å²) in [4.78, 5) is 9.23. The van der Waals surface area contributed by atoms with E-state index in [1.807, 2.05) is 12.3 Å². The third-order valence-corrected chi connectivity index (χ3v) is 4.26. The van der Waals surface area contributed by atoms with Crippen LogP contribution in [0, 0.1) is 5.92 Å². The Balaban J connectivity index is 2.07. The molecule has 1 aromatic rings. The van der Waals surface area contributed by atoms with Crippen LogP contribution >= 0.6 is 0 Å². The molecule has 1 saturated carbocycles. The van der Waals surface area contributed by atoms with Crippen LogP contribution in [0.2, 0.25) is 0 Å². The van der Waals surface area contributed by atoms with E-state index in [2.05, 4.69) is 17.2 Å². The van der Waals surface area contributed by atoms with Crippen molar-refractivity contribution in [3.8, 4) is 0 Å². The third-order valence-electron chi connectivity index (χ3n) is 4.26. The molecule has 0 saturated heterocycles. The van der Waals surface area contributed by atoms with Crippen LogP contribution in [0.5, 0.6) is 0 Å². The average molecular weight is 293 g/mol. The van der Waals surface area contributed by atoms with Gasteiger partial charge in [-0.15, -0.1) is 0 Å². The Bertz CT molecular complexity index is 441. The van der Waals surface area contributed by atoms with Crippen molar-refractivity contribution in [1.29, 1.82) is 0 Å². The molecule has 0 radical (unpaired) electrons. The lowest BCUT2D eigenvalue weighted by molar-refractivity contribution is -0.0647. The Morgan fingerprint density at radius 2 is 2.29 bits per heavy atom. The fourth-order valence-corrected chi connectivity index (χ4v) is 3.09. The molecule has 5 nitrogen and oxygen atoms in total. The molecule has 0 bridgehead atoms. The number of hydrogen-bond donors (Lipinski definition) is 1. The predicted molar refractivity (Wildman–Crippen MR) is 81.9 cm³/mol. The monoisotopic (exact) mass is 293 g/mol. The summed E-state index contributed by atoms with van der Waals surface area (Å²) in [5.41, 5.74) is 0.700. The second-order valence-electron chi connectivity index (χ2n) is 5.94. The number of ether oxygens (including phenoxy) is 2. The molecule has 0 amide bonds. The standard InChI is InChI=1S/C16H27N3O2/c1-13-5-4-7-16(11-13,21-3)15-18-8-6-14(19-15)12-17-9-10-20-2/h6,8,13,17H,4-5,7,9-12H2,1-3H3. The van der Waals surface area contributed by atoms with Gasteiger partial charge in [-0.1, -0.05) is 13.3 Å². The number of nitrogens with one attached hydrogen (secondary N) is 1. The van der Waals surface area contributed by atoms with Gasteiger partial charge in [0.1, 0.15) is 5.60 Å². The molecule has 2 atom stereocenters. The van der Waals surface area contributed by atoms with Gasteiger partial charge in [-0.2, -0.15) is 0 Å². The fraction of sp³-hybridized carbons (Fsp3) is 0.750. The molecule has 5 heteroatoms. The minimum absolute atomic E-state index is 0.305. The van der Waals surface area contributed by atoms with Gasteiger partial charge in [-0.3, -0.25) is 0 Å². The molecule has 1 N–H and O–H groups in total. The second-order valence-corrected chi connectivity index (χ2v) is 5.94. The summed E-state index contributed by atoms with van der Waals surface area (Å²) in [7, 11) is 3.49. The van der Waals surface area contributed by atoms with Gasteiger partial charge in [0.05, 0.1) is 12.3 Å². The van der Waals surface area contributed by atoms with Crippen LogP contribution in [0.15, 0.2) is 12.3 Å². The van der Waals surface area contributed by atoms with E-state index in [1.54, 1.807) is 14.2 Å². The van der Waals surface area contributed by atoms with Gasteiger partial charge in [-0.25, -0.2) is 9.97 Å². The van der Waals surface area contributed by atoms with E-state index in [9.17, 15) is 0 Å². The van der Waals surface area contributed by atoms with Crippen molar-refractivity contribution in [2.24, 2.45) is 5.92 Å². The van der Waals surface area contributed by atoms with E-state index in [0.717, 1.165) is 37.4 Å². The highest BCUT2D eigenvalue weighted by Crippen LogP contribution is 2.40. The van der Waals surface area contributed by atoms with Gasteiger partial charge in [0.15, 0.2) is 5.82 Å². The summed E-state index contributed by atoms with van der Waals surface area (Å²) in [6.07, 6.45) is 6.30. The lowest BCUT2D eigenvalue weighted by atomic mass is 9.78. The smallest absolute Gasteiger partial charge is 0.160 e. The SMILES string of the molecule is COCCNCc1ccnc(C2(OC)CCCC(C)C2)n1. The van der Waals surface area contributed by atoms with Crippen molar-refractivity contribution in [3.63, 3.8) is 0 Å². The molecule has 2 rings (SSSR count). The summed E-state index contributed by atoms with van der Waals surface area (Å²) < 4.78 is 10.9. The number of hydrogen-bond acceptors (Lipinski definition) is 5. The van der Waals surface area contributed by atoms with Crippen LogP contribution in [0.3, 0.4) is 0 Å². The topological polar surface area (TPSA) is 56.3 Å². The molecular weight excluding hydrogens is 266 g/mol. The highest BCUT2D eigenvalue weighted by atomic mass is 16.5. The summed E-state index contributed by atoms with van der Waals surface area (Å²) in [5.74, 6) is 1.49. The third kappa shape index (κ3) is 4.22. The molecule has 1 aliphatic rings. The normalized spacial score (nSPS) is 26.0. The van der Waals surface area contributed by atoms with E-state index in [4.69, 9.17) is 14.5 Å². The van der Waals surface area contributed by atoms with E-state index < -0.39 is 0 Å². The van der Waals surface area contributed by atoms with E-state index in [-0.39, 0.29) is 5.60 Å². The first kappa shape index (κ1) is 16.3. The maximum atomic E-state index is 5.87. The molecule has 2 unspecified atom stereocenters. The van der Waals surface area contributed by atoms with Crippen LogP contribution < -0.4 is 5.32 Å². The Morgan fingerprint density at radius 3 is 3.00 bits per heavy atom. The minimum atomic E-state index is -0.305. The highest BCUT2D eigenvalue weighted by Gasteiger charge is 2.39. The largest absolute Gasteiger partial charge is 0.383 e. The maximum absolute atomic E-state index is 5.87. The zero-order valence-corrected chi connectivity index (χ0v) is 13.4. The molecule has 21 heavy (non-hydrogen) atoms. The zero-order valence-electron chi connectivity index (χ0n) is 13.4. The van der Waals surface area contributed by atoms with Crippen molar-refractivity contribution in [2.45, 2.75) is 44.8 Å². The Morgan fingerprint density at radius 1 is 1.43 bits per heavy atom. The number of nitrogens with zero attached hydrogens (tertiary/aromatic N) is 2. The van der Waals surface area contributed by atoms with Crippen molar-refractivity contribution in [3.05, 3.63) is 23.8 Å². The maximum Gasteiger partial charge on any atom is 0.160 e. The first-order valence-corrected chi connectivity index (χ1v) is 7.77. The first-order chi connectivity index (χ1) is 10.2. The quantitative estimate of drug-likeness (QED) is 0.782. The lowest BCUT2D eigenvalue weighted by Gasteiger charge is -2.37. The number of methoxy groups -OCH3 is 2. The molecule has 0 aliphatic heterocycles. The number of aromatic nitrogens is 2. The van der Waals surface area contributed by atoms with Crippen LogP contribution in [0.25, 0.3) is 0 Å². The van der Waals surface area contributed by atoms with Gasteiger partial charge < -0.3 is 14.8 Å². The molecule has 1 heterocycles. The van der Waals surface area contributed by atoms with Gasteiger partial charge >= 0.3 is 0 Å². The molecule has 1 fully saturated rings. The van der Waals surface area contributed by atoms with E-state index >= 15 is 0 Å². The lowest BCUT2D eigenvalue weighted by Crippen LogP contribution is -2.36. The molecule has 118 valence electrons. The summed E-state index contributed by atoms with van der Waals surface area (Å²) in [6, 6.07) is 1.96. The van der Waals surface area contributed by atoms with Crippen molar-refractivity contribution in [1.82, 2.24) is 15.3 Å². The molecular formula is C16H27N3O2. The molecule has 0 spiro atoms. The minimum Gasteiger partial charge on any atom is -0.383 e. The van der Waals surface area contributed by atoms with Gasteiger partial charge in [0, 0.05) is 33.5 Å². The predicted octanol–water partition coefficient (Wildman–Crippen LogP) is 2.26. The average Bonchev–Trinajstić information content (AvgIpc) is 2.52. The van der Waals surface area contributed by atoms with Gasteiger partial charge in [0.25, 0.3) is 0 Å². The van der Waals surface area contributed by atoms with Crippen molar-refractivity contribution >= 4 is 0 Å². The van der Waals surface area contributed by atoms with Crippen LogP contribution in [0.1, 0.15) is 44.1 Å². The van der Waals surface area contributed by atoms with Crippen LogP contribution in [-0.4, -0.2) is 37.3 Å². The summed E-state index contributed by atoms with van der Waals surface area (Å²) in [5, 5.41) is 3.32. The number of rotatable bonds is 7. The van der Waals surface area contributed by atoms with Gasteiger partial charge in [0.2, 0.25) is 0 Å². The van der Waals surface area contributed by atoms with Crippen molar-refractivity contribution < 1.29 is 9.47 Å². The van der Waals surface area contributed by atoms with E-state index in [0.29, 0.717) is 12.5 Å². The van der Waals surface area contributed by atoms with Crippen LogP contribution in [-0.2, 0) is 21.6 Å². The Labute approximate surface area is 127 Å². The second kappa shape index (κ2) is 7.82. The van der Waals surface area contributed by atoms with Gasteiger partial charge in [-0.05, 0) is 31.2 Å². The molecule has 1 aromatic heterocycles. The zero-order chi connectivity index (χ0) is 15.1. The summed E-state index contributed by atoms with van der Waals surface area (Å²) in [6.45, 7) is 4.54. The summed E-state index contributed by atoms with van der Waals surface area (Å²) >= 11 is 0. The first-order valence-electron chi connectivity index (χ1n) is 7.77. The Kier molecular flexibility index (Phi) is 6.08. The fourth-order valence-electron chi connectivity index (χ4n) is 3.09.